The second-order valence-electron chi connectivity index (χ2n) is 5.71. The lowest BCUT2D eigenvalue weighted by Gasteiger charge is -2.08. The van der Waals surface area contributed by atoms with Gasteiger partial charge in [0, 0.05) is 5.56 Å². The molecule has 6 heteroatoms. The van der Waals surface area contributed by atoms with E-state index >= 15 is 0 Å². The molecule has 0 unspecified atom stereocenters. The molecule has 3 aromatic rings. The topological polar surface area (TPSA) is 70.9 Å². The lowest BCUT2D eigenvalue weighted by Crippen LogP contribution is -2.17. The fourth-order valence-corrected chi connectivity index (χ4v) is 2.80. The van der Waals surface area contributed by atoms with E-state index in [4.69, 9.17) is 4.74 Å². The average Bonchev–Trinajstić information content (AvgIpc) is 2.68. The van der Waals surface area contributed by atoms with Crippen molar-refractivity contribution >= 4 is 28.1 Å². The smallest absolute Gasteiger partial charge is 0.271 e. The molecular formula is C21H17BrN2O3. The Morgan fingerprint density at radius 1 is 1.07 bits per heavy atom. The summed E-state index contributed by atoms with van der Waals surface area (Å²) in [6.07, 6.45) is 1.55. The number of hydrogen-bond acceptors (Lipinski definition) is 4. The molecule has 0 saturated carbocycles. The molecule has 0 radical (unpaired) electrons. The summed E-state index contributed by atoms with van der Waals surface area (Å²) in [7, 11) is 0. The Kier molecular flexibility index (Phi) is 6.22. The van der Waals surface area contributed by atoms with Crippen molar-refractivity contribution in [2.45, 2.75) is 6.61 Å². The Bertz CT molecular complexity index is 941. The van der Waals surface area contributed by atoms with Crippen molar-refractivity contribution in [1.82, 2.24) is 5.43 Å². The third kappa shape index (κ3) is 5.43. The quantitative estimate of drug-likeness (QED) is 0.452. The highest BCUT2D eigenvalue weighted by molar-refractivity contribution is 9.10. The molecule has 0 fully saturated rings. The summed E-state index contributed by atoms with van der Waals surface area (Å²) in [5, 5.41) is 13.2. The van der Waals surface area contributed by atoms with Crippen LogP contribution in [0.25, 0.3) is 0 Å². The van der Waals surface area contributed by atoms with E-state index < -0.39 is 0 Å². The van der Waals surface area contributed by atoms with E-state index in [0.29, 0.717) is 12.2 Å². The van der Waals surface area contributed by atoms with Gasteiger partial charge in [0.1, 0.15) is 18.1 Å². The van der Waals surface area contributed by atoms with E-state index in [2.05, 4.69) is 26.5 Å². The molecule has 5 nitrogen and oxygen atoms in total. The molecule has 27 heavy (non-hydrogen) atoms. The molecule has 3 rings (SSSR count). The van der Waals surface area contributed by atoms with Crippen LogP contribution in [0, 0.1) is 0 Å². The third-order valence-electron chi connectivity index (χ3n) is 3.70. The van der Waals surface area contributed by atoms with Crippen LogP contribution >= 0.6 is 15.9 Å². The first-order chi connectivity index (χ1) is 13.1. The summed E-state index contributed by atoms with van der Waals surface area (Å²) in [5.74, 6) is 0.478. The van der Waals surface area contributed by atoms with Gasteiger partial charge in [0.2, 0.25) is 0 Å². The number of phenols is 1. The minimum Gasteiger partial charge on any atom is -0.508 e. The summed E-state index contributed by atoms with van der Waals surface area (Å²) < 4.78 is 6.60. The SMILES string of the molecule is O=C(N/N=C\c1ccc(OCc2ccccc2)c(Br)c1)c1ccc(O)cc1. The van der Waals surface area contributed by atoms with Gasteiger partial charge in [-0.1, -0.05) is 30.3 Å². The van der Waals surface area contributed by atoms with Crippen LogP contribution in [0.1, 0.15) is 21.5 Å². The van der Waals surface area contributed by atoms with Crippen molar-refractivity contribution < 1.29 is 14.6 Å². The van der Waals surface area contributed by atoms with Crippen LogP contribution in [0.4, 0.5) is 0 Å². The van der Waals surface area contributed by atoms with Crippen molar-refractivity contribution in [2.24, 2.45) is 5.10 Å². The molecule has 0 aliphatic heterocycles. The van der Waals surface area contributed by atoms with E-state index in [-0.39, 0.29) is 11.7 Å². The predicted molar refractivity (Wildman–Crippen MR) is 108 cm³/mol. The number of rotatable bonds is 6. The number of aromatic hydroxyl groups is 1. The molecule has 136 valence electrons. The lowest BCUT2D eigenvalue weighted by molar-refractivity contribution is 0.0955. The van der Waals surface area contributed by atoms with Gasteiger partial charge in [-0.15, -0.1) is 0 Å². The third-order valence-corrected chi connectivity index (χ3v) is 4.32. The Hall–Kier alpha value is -3.12. The standard InChI is InChI=1S/C21H17BrN2O3/c22-19-12-16(6-11-20(19)27-14-15-4-2-1-3-5-15)13-23-24-21(26)17-7-9-18(25)10-8-17/h1-13,25H,14H2,(H,24,26)/b23-13-. The number of hydrazone groups is 1. The summed E-state index contributed by atoms with van der Waals surface area (Å²) in [4.78, 5) is 12.0. The molecule has 1 amide bonds. The van der Waals surface area contributed by atoms with Crippen LogP contribution in [-0.2, 0) is 6.61 Å². The van der Waals surface area contributed by atoms with Crippen molar-refractivity contribution in [1.29, 1.82) is 0 Å². The van der Waals surface area contributed by atoms with Crippen LogP contribution in [-0.4, -0.2) is 17.2 Å². The molecule has 0 bridgehead atoms. The van der Waals surface area contributed by atoms with E-state index in [1.807, 2.05) is 48.5 Å². The molecule has 0 heterocycles. The Morgan fingerprint density at radius 2 is 1.81 bits per heavy atom. The summed E-state index contributed by atoms with van der Waals surface area (Å²) >= 11 is 3.49. The molecule has 3 aromatic carbocycles. The number of carbonyl (C=O) groups is 1. The number of nitrogens with one attached hydrogen (secondary N) is 1. The molecular weight excluding hydrogens is 408 g/mol. The average molecular weight is 425 g/mol. The molecule has 0 atom stereocenters. The number of phenolic OH excluding ortho intramolecular Hbond substituents is 1. The Morgan fingerprint density at radius 3 is 2.52 bits per heavy atom. The van der Waals surface area contributed by atoms with Crippen molar-refractivity contribution in [3.8, 4) is 11.5 Å². The van der Waals surface area contributed by atoms with E-state index in [1.54, 1.807) is 6.21 Å². The number of carbonyl (C=O) groups excluding carboxylic acids is 1. The molecule has 0 spiro atoms. The maximum atomic E-state index is 12.0. The number of nitrogens with zero attached hydrogens (tertiary/aromatic N) is 1. The van der Waals surface area contributed by atoms with Crippen LogP contribution < -0.4 is 10.2 Å². The van der Waals surface area contributed by atoms with Gasteiger partial charge in [-0.3, -0.25) is 4.79 Å². The molecule has 0 saturated heterocycles. The first-order valence-electron chi connectivity index (χ1n) is 8.20. The monoisotopic (exact) mass is 424 g/mol. The van der Waals surface area contributed by atoms with Gasteiger partial charge < -0.3 is 9.84 Å². The number of ether oxygens (including phenoxy) is 1. The van der Waals surface area contributed by atoms with Gasteiger partial charge in [0.25, 0.3) is 5.91 Å². The van der Waals surface area contributed by atoms with Crippen LogP contribution in [0.15, 0.2) is 82.4 Å². The van der Waals surface area contributed by atoms with Gasteiger partial charge in [-0.25, -0.2) is 5.43 Å². The number of benzene rings is 3. The van der Waals surface area contributed by atoms with E-state index in [1.165, 1.54) is 24.3 Å². The highest BCUT2D eigenvalue weighted by Gasteiger charge is 2.05. The maximum Gasteiger partial charge on any atom is 0.271 e. The second kappa shape index (κ2) is 9.00. The molecule has 0 aliphatic carbocycles. The Balaban J connectivity index is 1.57. The minimum absolute atomic E-state index is 0.106. The number of amides is 1. The van der Waals surface area contributed by atoms with Crippen molar-refractivity contribution in [3.63, 3.8) is 0 Å². The highest BCUT2D eigenvalue weighted by Crippen LogP contribution is 2.26. The van der Waals surface area contributed by atoms with E-state index in [9.17, 15) is 9.90 Å². The zero-order valence-electron chi connectivity index (χ0n) is 14.3. The van der Waals surface area contributed by atoms with Crippen LogP contribution in [0.3, 0.4) is 0 Å². The summed E-state index contributed by atoms with van der Waals surface area (Å²) in [6.45, 7) is 0.482. The van der Waals surface area contributed by atoms with Crippen LogP contribution in [0.5, 0.6) is 11.5 Å². The molecule has 0 aliphatic rings. The fourth-order valence-electron chi connectivity index (χ4n) is 2.29. The molecule has 2 N–H and O–H groups in total. The van der Waals surface area contributed by atoms with Crippen molar-refractivity contribution in [3.05, 3.63) is 94.0 Å². The fraction of sp³-hybridized carbons (Fsp3) is 0.0476. The van der Waals surface area contributed by atoms with Gasteiger partial charge >= 0.3 is 0 Å². The predicted octanol–water partition coefficient (Wildman–Crippen LogP) is 4.50. The normalized spacial score (nSPS) is 10.7. The van der Waals surface area contributed by atoms with Crippen molar-refractivity contribution in [2.75, 3.05) is 0 Å². The van der Waals surface area contributed by atoms with Gasteiger partial charge in [0.15, 0.2) is 0 Å². The van der Waals surface area contributed by atoms with Gasteiger partial charge in [-0.05, 0) is 69.5 Å². The Labute approximate surface area is 165 Å². The van der Waals surface area contributed by atoms with E-state index in [0.717, 1.165) is 21.3 Å². The van der Waals surface area contributed by atoms with Gasteiger partial charge in [-0.2, -0.15) is 5.10 Å². The summed E-state index contributed by atoms with van der Waals surface area (Å²) in [6, 6.07) is 21.4. The zero-order valence-corrected chi connectivity index (χ0v) is 15.9. The number of hydrogen-bond donors (Lipinski definition) is 2. The molecule has 0 aromatic heterocycles. The lowest BCUT2D eigenvalue weighted by atomic mass is 10.2. The highest BCUT2D eigenvalue weighted by atomic mass is 79.9. The largest absolute Gasteiger partial charge is 0.508 e. The van der Waals surface area contributed by atoms with Gasteiger partial charge in [0.05, 0.1) is 10.7 Å². The first kappa shape index (κ1) is 18.7. The van der Waals surface area contributed by atoms with Crippen LogP contribution in [0.2, 0.25) is 0 Å². The zero-order chi connectivity index (χ0) is 19.1. The maximum absolute atomic E-state index is 12.0. The minimum atomic E-state index is -0.354. The number of halogens is 1. The second-order valence-corrected chi connectivity index (χ2v) is 6.56. The first-order valence-corrected chi connectivity index (χ1v) is 9.00. The summed E-state index contributed by atoms with van der Waals surface area (Å²) in [5.41, 5.74) is 4.76.